The number of rotatable bonds is 5. The summed E-state index contributed by atoms with van der Waals surface area (Å²) in [4.78, 5) is 10.5. The number of aliphatic carboxylic acids is 1. The van der Waals surface area contributed by atoms with Crippen LogP contribution < -0.4 is 9.47 Å². The average molecular weight is 274 g/mol. The lowest BCUT2D eigenvalue weighted by Gasteiger charge is -1.97. The van der Waals surface area contributed by atoms with E-state index in [0.717, 1.165) is 23.1 Å². The highest BCUT2D eigenvalue weighted by molar-refractivity contribution is 5.80. The summed E-state index contributed by atoms with van der Waals surface area (Å²) in [6.07, 6.45) is 7.91. The number of allylic oxidation sites excluding steroid dienone is 3. The minimum atomic E-state index is -1.05. The van der Waals surface area contributed by atoms with Crippen molar-refractivity contribution in [2.24, 2.45) is 0 Å². The summed E-state index contributed by atoms with van der Waals surface area (Å²) in [6, 6.07) is 5.62. The SMILES string of the molecule is COC(C=CC=Cc1ccc2c(c1)OCO2)=CC(=O)O. The van der Waals surface area contributed by atoms with Crippen LogP contribution in [0, 0.1) is 0 Å². The second-order valence-electron chi connectivity index (χ2n) is 3.92. The van der Waals surface area contributed by atoms with E-state index in [1.807, 2.05) is 24.3 Å². The van der Waals surface area contributed by atoms with E-state index in [0.29, 0.717) is 0 Å². The molecule has 2 rings (SSSR count). The Morgan fingerprint density at radius 2 is 2.10 bits per heavy atom. The minimum Gasteiger partial charge on any atom is -0.496 e. The van der Waals surface area contributed by atoms with Crippen LogP contribution >= 0.6 is 0 Å². The number of ether oxygens (including phenoxy) is 3. The van der Waals surface area contributed by atoms with Gasteiger partial charge in [0.05, 0.1) is 13.2 Å². The molecular formula is C15H14O5. The second kappa shape index (κ2) is 6.47. The maximum atomic E-state index is 10.5. The number of benzene rings is 1. The summed E-state index contributed by atoms with van der Waals surface area (Å²) in [5.74, 6) is 0.683. The van der Waals surface area contributed by atoms with Gasteiger partial charge in [0.15, 0.2) is 11.5 Å². The first-order valence-electron chi connectivity index (χ1n) is 5.92. The molecule has 1 aliphatic rings. The molecule has 1 aromatic carbocycles. The first-order valence-corrected chi connectivity index (χ1v) is 5.92. The fourth-order valence-electron chi connectivity index (χ4n) is 1.63. The van der Waals surface area contributed by atoms with Crippen LogP contribution in [0.3, 0.4) is 0 Å². The third kappa shape index (κ3) is 3.65. The molecule has 0 saturated carbocycles. The summed E-state index contributed by atoms with van der Waals surface area (Å²) in [5, 5.41) is 8.61. The van der Waals surface area contributed by atoms with E-state index in [2.05, 4.69) is 0 Å². The quantitative estimate of drug-likeness (QED) is 0.508. The molecule has 0 atom stereocenters. The summed E-state index contributed by atoms with van der Waals surface area (Å²) in [5.41, 5.74) is 0.958. The van der Waals surface area contributed by atoms with Crippen molar-refractivity contribution in [3.05, 3.63) is 53.8 Å². The van der Waals surface area contributed by atoms with Crippen LogP contribution in [0.1, 0.15) is 5.56 Å². The van der Waals surface area contributed by atoms with Crippen molar-refractivity contribution in [3.8, 4) is 11.5 Å². The zero-order valence-corrected chi connectivity index (χ0v) is 10.9. The molecule has 104 valence electrons. The molecule has 0 aromatic heterocycles. The highest BCUT2D eigenvalue weighted by atomic mass is 16.7. The van der Waals surface area contributed by atoms with E-state index in [1.54, 1.807) is 18.2 Å². The summed E-state index contributed by atoms with van der Waals surface area (Å²) >= 11 is 0. The molecule has 0 unspecified atom stereocenters. The monoisotopic (exact) mass is 274 g/mol. The highest BCUT2D eigenvalue weighted by Crippen LogP contribution is 2.32. The maximum absolute atomic E-state index is 10.5. The number of carbonyl (C=O) groups is 1. The van der Waals surface area contributed by atoms with E-state index in [-0.39, 0.29) is 12.6 Å². The van der Waals surface area contributed by atoms with Crippen LogP contribution in [0.4, 0.5) is 0 Å². The standard InChI is InChI=1S/C15H14O5/c1-18-12(9-15(16)17)5-3-2-4-11-6-7-13-14(8-11)20-10-19-13/h2-9H,10H2,1H3,(H,16,17). The highest BCUT2D eigenvalue weighted by Gasteiger charge is 2.11. The fourth-order valence-corrected chi connectivity index (χ4v) is 1.63. The van der Waals surface area contributed by atoms with Gasteiger partial charge in [0.1, 0.15) is 5.76 Å². The zero-order valence-electron chi connectivity index (χ0n) is 10.9. The largest absolute Gasteiger partial charge is 0.496 e. The first kappa shape index (κ1) is 13.7. The van der Waals surface area contributed by atoms with Gasteiger partial charge in [0, 0.05) is 0 Å². The van der Waals surface area contributed by atoms with Crippen LogP contribution in [0.2, 0.25) is 0 Å². The van der Waals surface area contributed by atoms with Gasteiger partial charge in [-0.15, -0.1) is 0 Å². The Labute approximate surface area is 116 Å². The van der Waals surface area contributed by atoms with Crippen molar-refractivity contribution < 1.29 is 24.1 Å². The number of hydrogen-bond donors (Lipinski definition) is 1. The van der Waals surface area contributed by atoms with Gasteiger partial charge in [-0.05, 0) is 23.8 Å². The number of hydrogen-bond acceptors (Lipinski definition) is 4. The second-order valence-corrected chi connectivity index (χ2v) is 3.92. The van der Waals surface area contributed by atoms with Gasteiger partial charge in [-0.1, -0.05) is 24.3 Å². The number of fused-ring (bicyclic) bond motifs is 1. The van der Waals surface area contributed by atoms with Gasteiger partial charge in [-0.25, -0.2) is 4.79 Å². The molecule has 0 fully saturated rings. The zero-order chi connectivity index (χ0) is 14.4. The molecular weight excluding hydrogens is 260 g/mol. The molecule has 0 spiro atoms. The first-order chi connectivity index (χ1) is 9.69. The molecule has 1 aromatic rings. The van der Waals surface area contributed by atoms with Crippen molar-refractivity contribution in [3.63, 3.8) is 0 Å². The Bertz CT molecular complexity index is 584. The van der Waals surface area contributed by atoms with E-state index >= 15 is 0 Å². The Morgan fingerprint density at radius 3 is 2.85 bits per heavy atom. The fraction of sp³-hybridized carbons (Fsp3) is 0.133. The van der Waals surface area contributed by atoms with Gasteiger partial charge >= 0.3 is 5.97 Å². The molecule has 5 heteroatoms. The normalized spacial score (nSPS) is 14.2. The van der Waals surface area contributed by atoms with Crippen LogP contribution in [0.15, 0.2) is 48.3 Å². The van der Waals surface area contributed by atoms with Gasteiger partial charge in [-0.2, -0.15) is 0 Å². The van der Waals surface area contributed by atoms with Gasteiger partial charge in [0.25, 0.3) is 0 Å². The molecule has 0 radical (unpaired) electrons. The van der Waals surface area contributed by atoms with E-state index in [1.165, 1.54) is 7.11 Å². The van der Waals surface area contributed by atoms with Crippen LogP contribution in [0.5, 0.6) is 11.5 Å². The van der Waals surface area contributed by atoms with Gasteiger partial charge in [0.2, 0.25) is 6.79 Å². The molecule has 0 aliphatic carbocycles. The Hall–Kier alpha value is -2.69. The van der Waals surface area contributed by atoms with Crippen LogP contribution in [0.25, 0.3) is 6.08 Å². The predicted molar refractivity (Wildman–Crippen MR) is 73.5 cm³/mol. The van der Waals surface area contributed by atoms with E-state index in [9.17, 15) is 4.79 Å². The molecule has 0 saturated heterocycles. The summed E-state index contributed by atoms with van der Waals surface area (Å²) in [7, 11) is 1.42. The summed E-state index contributed by atoms with van der Waals surface area (Å²) < 4.78 is 15.4. The third-order valence-electron chi connectivity index (χ3n) is 2.56. The lowest BCUT2D eigenvalue weighted by atomic mass is 10.2. The lowest BCUT2D eigenvalue weighted by Crippen LogP contribution is -1.92. The third-order valence-corrected chi connectivity index (χ3v) is 2.56. The van der Waals surface area contributed by atoms with Crippen molar-refractivity contribution in [1.82, 2.24) is 0 Å². The van der Waals surface area contributed by atoms with Crippen LogP contribution in [-0.4, -0.2) is 25.0 Å². The minimum absolute atomic E-state index is 0.250. The van der Waals surface area contributed by atoms with Crippen molar-refractivity contribution in [2.75, 3.05) is 13.9 Å². The summed E-state index contributed by atoms with van der Waals surface area (Å²) in [6.45, 7) is 0.250. The maximum Gasteiger partial charge on any atom is 0.332 e. The average Bonchev–Trinajstić information content (AvgIpc) is 2.89. The number of carboxylic acids is 1. The smallest absolute Gasteiger partial charge is 0.332 e. The molecule has 0 amide bonds. The topological polar surface area (TPSA) is 65.0 Å². The van der Waals surface area contributed by atoms with Crippen molar-refractivity contribution in [1.29, 1.82) is 0 Å². The molecule has 1 heterocycles. The van der Waals surface area contributed by atoms with Crippen molar-refractivity contribution in [2.45, 2.75) is 0 Å². The number of methoxy groups -OCH3 is 1. The Kier molecular flexibility index (Phi) is 4.44. The van der Waals surface area contributed by atoms with Crippen LogP contribution in [-0.2, 0) is 9.53 Å². The van der Waals surface area contributed by atoms with Gasteiger partial charge in [-0.3, -0.25) is 0 Å². The molecule has 5 nitrogen and oxygen atoms in total. The molecule has 1 N–H and O–H groups in total. The van der Waals surface area contributed by atoms with E-state index < -0.39 is 5.97 Å². The number of carboxylic acid groups (broad SMARTS) is 1. The Morgan fingerprint density at radius 1 is 1.30 bits per heavy atom. The molecule has 0 bridgehead atoms. The molecule has 20 heavy (non-hydrogen) atoms. The predicted octanol–water partition coefficient (Wildman–Crippen LogP) is 2.60. The lowest BCUT2D eigenvalue weighted by molar-refractivity contribution is -0.131. The molecule has 1 aliphatic heterocycles. The van der Waals surface area contributed by atoms with E-state index in [4.69, 9.17) is 19.3 Å². The van der Waals surface area contributed by atoms with Gasteiger partial charge < -0.3 is 19.3 Å². The Balaban J connectivity index is 2.01. The van der Waals surface area contributed by atoms with Crippen molar-refractivity contribution >= 4 is 12.0 Å².